The normalized spacial score (nSPS) is 13.6. The van der Waals surface area contributed by atoms with Crippen LogP contribution in [0.1, 0.15) is 132 Å². The third-order valence-electron chi connectivity index (χ3n) is 14.8. The topological polar surface area (TPSA) is 198 Å². The number of carbonyl (C=O) groups is 2. The SMILES string of the molecule is C.CC(C)(C#N)c1cccc(C(=O)Cc2ccc(F)c(Cc3ncccc3-c3ncnc4c3N=CC4)c2F)c1.CC(C)(C#N)c1cccc(C(=O)Cc2ccc(F)c(Cc3ncccc3-c3ncnc4c3ncn4C3CCCCO3)c2F)c1.Cl. The summed E-state index contributed by atoms with van der Waals surface area (Å²) in [6, 6.07) is 29.9. The van der Waals surface area contributed by atoms with Gasteiger partial charge in [0.25, 0.3) is 0 Å². The number of carbonyl (C=O) groups excluding carboxylic acids is 2. The Balaban J connectivity index is 0.000000216. The van der Waals surface area contributed by atoms with Crippen LogP contribution in [0.2, 0.25) is 0 Å². The number of nitriles is 2. The zero-order chi connectivity index (χ0) is 57.7. The van der Waals surface area contributed by atoms with Gasteiger partial charge < -0.3 is 4.74 Å². The fourth-order valence-corrected chi connectivity index (χ4v) is 9.98. The number of Topliss-reactive ketones (excluding diaryl/α,β-unsaturated/α-hetero) is 2. The number of fused-ring (bicyclic) bond motifs is 2. The first kappa shape index (κ1) is 60.9. The Morgan fingerprint density at radius 1 is 0.655 bits per heavy atom. The zero-order valence-electron chi connectivity index (χ0n) is 45.7. The van der Waals surface area contributed by atoms with Crippen molar-refractivity contribution in [2.24, 2.45) is 4.99 Å². The third kappa shape index (κ3) is 12.7. The van der Waals surface area contributed by atoms with Crippen LogP contribution >= 0.6 is 12.4 Å². The van der Waals surface area contributed by atoms with E-state index < -0.39 is 34.1 Å². The van der Waals surface area contributed by atoms with E-state index in [1.165, 1.54) is 36.9 Å². The highest BCUT2D eigenvalue weighted by Gasteiger charge is 2.27. The number of hydrogen-bond donors (Lipinski definition) is 0. The molecule has 1 fully saturated rings. The van der Waals surface area contributed by atoms with Crippen molar-refractivity contribution in [3.63, 3.8) is 0 Å². The lowest BCUT2D eigenvalue weighted by atomic mass is 9.85. The summed E-state index contributed by atoms with van der Waals surface area (Å²) in [7, 11) is 0. The standard InChI is InChI=1S/C34H30F2N6O2.C30H23F2N5O.CH4.ClH/c1-34(2,18-37)23-8-5-7-21(15-23)28(43)16-22-11-12-26(35)25(30(22)36)17-27-24(9-6-13-38-27)31-32-33(40-19-39-31)42(20-41-32)29-10-3-4-14-44-29;1-30(2,16-33)20-6-3-5-18(13-20)26(38)14-19-8-9-23(31)22(27(19)32)15-25-21(7-4-11-34-25)28-29-24(10-12-35-29)36-17-37-28;;/h5-9,11-13,15,19-20,29H,3-4,10,14,16-17H2,1-2H3;3-9,11-13,17H,10,14-15H2,1-2H3;1H4;1H. The van der Waals surface area contributed by atoms with Gasteiger partial charge in [0.1, 0.15) is 64.7 Å². The maximum atomic E-state index is 15.9. The predicted octanol–water partition coefficient (Wildman–Crippen LogP) is 13.6. The van der Waals surface area contributed by atoms with Crippen LogP contribution in [0.15, 0.2) is 133 Å². The van der Waals surface area contributed by atoms with Crippen LogP contribution in [0.4, 0.5) is 23.2 Å². The average Bonchev–Trinajstić information content (AvgIpc) is 2.36. The minimum absolute atomic E-state index is 0. The van der Waals surface area contributed by atoms with Crippen LogP contribution < -0.4 is 0 Å². The van der Waals surface area contributed by atoms with Crippen molar-refractivity contribution in [3.05, 3.63) is 213 Å². The molecule has 2 aliphatic rings. The Morgan fingerprint density at radius 3 is 1.73 bits per heavy atom. The monoisotopic (exact) mass is 1150 g/mol. The molecule has 14 nitrogen and oxygen atoms in total. The van der Waals surface area contributed by atoms with Gasteiger partial charge in [-0.1, -0.05) is 56.0 Å². The molecule has 11 rings (SSSR count). The van der Waals surface area contributed by atoms with Gasteiger partial charge in [-0.25, -0.2) is 42.5 Å². The van der Waals surface area contributed by atoms with Crippen molar-refractivity contribution >= 4 is 47.0 Å². The Bertz CT molecular complexity index is 4070. The number of aliphatic imine (C=N–C) groups is 1. The van der Waals surface area contributed by atoms with Crippen LogP contribution in [0, 0.1) is 45.9 Å². The predicted molar refractivity (Wildman–Crippen MR) is 313 cm³/mol. The van der Waals surface area contributed by atoms with Gasteiger partial charge in [-0.3, -0.25) is 29.1 Å². The number of benzene rings is 4. The quantitative estimate of drug-likeness (QED) is 0.0696. The van der Waals surface area contributed by atoms with Gasteiger partial charge in [0, 0.05) is 90.7 Å². The minimum Gasteiger partial charge on any atom is -0.358 e. The van der Waals surface area contributed by atoms with Crippen molar-refractivity contribution < 1.29 is 31.9 Å². The molecule has 0 N–H and O–H groups in total. The van der Waals surface area contributed by atoms with Crippen molar-refractivity contribution in [2.45, 2.75) is 104 Å². The Labute approximate surface area is 489 Å². The van der Waals surface area contributed by atoms with E-state index in [-0.39, 0.29) is 85.6 Å². The average molecular weight is 1150 g/mol. The number of hydrogen-bond acceptors (Lipinski definition) is 13. The van der Waals surface area contributed by atoms with Gasteiger partial charge >= 0.3 is 0 Å². The highest BCUT2D eigenvalue weighted by atomic mass is 35.5. The highest BCUT2D eigenvalue weighted by molar-refractivity contribution is 5.98. The third-order valence-corrected chi connectivity index (χ3v) is 14.8. The number of ether oxygens (including phenoxy) is 1. The van der Waals surface area contributed by atoms with E-state index in [4.69, 9.17) is 4.74 Å². The summed E-state index contributed by atoms with van der Waals surface area (Å²) in [5, 5.41) is 18.9. The maximum absolute atomic E-state index is 15.9. The summed E-state index contributed by atoms with van der Waals surface area (Å²) in [4.78, 5) is 61.6. The molecule has 0 radical (unpaired) electrons. The smallest absolute Gasteiger partial charge is 0.167 e. The summed E-state index contributed by atoms with van der Waals surface area (Å²) in [6.45, 7) is 7.71. The van der Waals surface area contributed by atoms with Gasteiger partial charge in [-0.2, -0.15) is 10.5 Å². The lowest BCUT2D eigenvalue weighted by molar-refractivity contribution is -0.0298. The van der Waals surface area contributed by atoms with Crippen LogP contribution in [-0.2, 0) is 47.7 Å². The first-order valence-corrected chi connectivity index (χ1v) is 26.6. The summed E-state index contributed by atoms with van der Waals surface area (Å²) in [6.07, 6.45) is 11.9. The summed E-state index contributed by atoms with van der Waals surface area (Å²) >= 11 is 0. The van der Waals surface area contributed by atoms with Crippen LogP contribution in [0.3, 0.4) is 0 Å². The second kappa shape index (κ2) is 25.9. The second-order valence-electron chi connectivity index (χ2n) is 21.1. The van der Waals surface area contributed by atoms with Gasteiger partial charge in [0.15, 0.2) is 17.2 Å². The molecule has 5 aromatic heterocycles. The van der Waals surface area contributed by atoms with E-state index in [0.717, 1.165) is 25.0 Å². The molecule has 84 heavy (non-hydrogen) atoms. The Hall–Kier alpha value is -9.23. The number of aromatic nitrogens is 8. The molecular formula is C65H58ClF4N11O3. The van der Waals surface area contributed by atoms with Crippen molar-refractivity contribution in [3.8, 4) is 34.7 Å². The van der Waals surface area contributed by atoms with Crippen molar-refractivity contribution in [2.75, 3.05) is 6.61 Å². The molecule has 0 bridgehead atoms. The molecule has 1 saturated heterocycles. The fraction of sp³-hybridized carbons (Fsp3) is 0.262. The summed E-state index contributed by atoms with van der Waals surface area (Å²) in [5.41, 5.74) is 5.95. The zero-order valence-corrected chi connectivity index (χ0v) is 46.5. The molecule has 2 aliphatic heterocycles. The first-order chi connectivity index (χ1) is 39.5. The van der Waals surface area contributed by atoms with E-state index in [0.29, 0.717) is 86.0 Å². The molecule has 4 aromatic carbocycles. The largest absolute Gasteiger partial charge is 0.358 e. The van der Waals surface area contributed by atoms with Crippen molar-refractivity contribution in [1.29, 1.82) is 10.5 Å². The molecule has 0 amide bonds. The van der Waals surface area contributed by atoms with Gasteiger partial charge in [-0.15, -0.1) is 12.4 Å². The molecule has 1 unspecified atom stereocenters. The minimum atomic E-state index is -0.796. The molecule has 7 heterocycles. The molecule has 426 valence electrons. The van der Waals surface area contributed by atoms with E-state index >= 15 is 13.2 Å². The van der Waals surface area contributed by atoms with Crippen molar-refractivity contribution in [1.82, 2.24) is 39.5 Å². The second-order valence-corrected chi connectivity index (χ2v) is 21.1. The van der Waals surface area contributed by atoms with Crippen LogP contribution in [0.5, 0.6) is 0 Å². The lowest BCUT2D eigenvalue weighted by Crippen LogP contribution is -2.17. The van der Waals surface area contributed by atoms with E-state index in [2.05, 4.69) is 52.0 Å². The number of nitrogens with zero attached hydrogens (tertiary/aromatic N) is 11. The number of halogens is 5. The van der Waals surface area contributed by atoms with E-state index in [9.17, 15) is 24.5 Å². The van der Waals surface area contributed by atoms with Crippen LogP contribution in [0.25, 0.3) is 33.7 Å². The summed E-state index contributed by atoms with van der Waals surface area (Å²) < 4.78 is 69.5. The molecule has 1 atom stereocenters. The Morgan fingerprint density at radius 2 is 1.19 bits per heavy atom. The number of rotatable bonds is 15. The van der Waals surface area contributed by atoms with Gasteiger partial charge in [-0.05, 0) is 118 Å². The van der Waals surface area contributed by atoms with Gasteiger partial charge in [0.2, 0.25) is 0 Å². The fourth-order valence-electron chi connectivity index (χ4n) is 9.98. The Kier molecular flexibility index (Phi) is 18.8. The van der Waals surface area contributed by atoms with Crippen LogP contribution in [-0.4, -0.2) is 63.8 Å². The summed E-state index contributed by atoms with van der Waals surface area (Å²) in [5.74, 6) is -3.70. The van der Waals surface area contributed by atoms with E-state index in [1.54, 1.807) is 125 Å². The number of imidazole rings is 1. The molecule has 9 aromatic rings. The first-order valence-electron chi connectivity index (χ1n) is 26.6. The number of pyridine rings is 2. The maximum Gasteiger partial charge on any atom is 0.167 e. The van der Waals surface area contributed by atoms with E-state index in [1.807, 2.05) is 4.57 Å². The molecule has 0 aliphatic carbocycles. The molecule has 19 heteroatoms. The molecular weight excluding hydrogens is 1090 g/mol. The number of ketones is 2. The highest BCUT2D eigenvalue weighted by Crippen LogP contribution is 2.37. The molecule has 0 saturated carbocycles. The molecule has 0 spiro atoms. The van der Waals surface area contributed by atoms with Gasteiger partial charge in [0.05, 0.1) is 46.4 Å². The lowest BCUT2D eigenvalue weighted by Gasteiger charge is -2.23.